The number of thiazole rings is 2. The first kappa shape index (κ1) is 13.0. The molecular formula is C13H18N4S2. The number of rotatable bonds is 3. The lowest BCUT2D eigenvalue weighted by Gasteiger charge is -2.34. The van der Waals surface area contributed by atoms with Crippen LogP contribution in [0.15, 0.2) is 10.8 Å². The van der Waals surface area contributed by atoms with Crippen LogP contribution in [0.25, 0.3) is 0 Å². The van der Waals surface area contributed by atoms with E-state index in [0.717, 1.165) is 43.4 Å². The van der Waals surface area contributed by atoms with E-state index >= 15 is 0 Å². The molecule has 0 saturated carbocycles. The summed E-state index contributed by atoms with van der Waals surface area (Å²) in [4.78, 5) is 14.0. The maximum Gasteiger partial charge on any atom is 0.185 e. The van der Waals surface area contributed by atoms with Gasteiger partial charge in [0.1, 0.15) is 0 Å². The fourth-order valence-corrected chi connectivity index (χ4v) is 3.75. The highest BCUT2D eigenvalue weighted by atomic mass is 32.1. The second-order valence-electron chi connectivity index (χ2n) is 4.89. The highest BCUT2D eigenvalue weighted by Crippen LogP contribution is 2.22. The third-order valence-corrected chi connectivity index (χ3v) is 5.14. The van der Waals surface area contributed by atoms with Crippen molar-refractivity contribution in [1.29, 1.82) is 0 Å². The van der Waals surface area contributed by atoms with Crippen molar-refractivity contribution in [2.75, 3.05) is 31.1 Å². The molecule has 1 saturated heterocycles. The minimum absolute atomic E-state index is 0.981. The predicted molar refractivity (Wildman–Crippen MR) is 81.2 cm³/mol. The number of hydrogen-bond donors (Lipinski definition) is 0. The van der Waals surface area contributed by atoms with Gasteiger partial charge in [0.05, 0.1) is 16.4 Å². The first-order chi connectivity index (χ1) is 9.20. The molecule has 1 aliphatic heterocycles. The summed E-state index contributed by atoms with van der Waals surface area (Å²) in [6, 6.07) is 0. The van der Waals surface area contributed by atoms with Gasteiger partial charge in [-0.2, -0.15) is 0 Å². The molecule has 0 aliphatic carbocycles. The molecule has 0 N–H and O–H groups in total. The molecule has 19 heavy (non-hydrogen) atoms. The van der Waals surface area contributed by atoms with E-state index in [1.54, 1.807) is 22.7 Å². The zero-order chi connectivity index (χ0) is 13.2. The standard InChI is InChI=1S/C13H18N4S2/c1-10-8-19-13(14-10)17-5-3-16(4-6-17)7-12-9-18-11(2)15-12/h8-9H,3-7H2,1-2H3. The molecule has 3 rings (SSSR count). The van der Waals surface area contributed by atoms with Crippen LogP contribution < -0.4 is 4.90 Å². The topological polar surface area (TPSA) is 32.3 Å². The Labute approximate surface area is 121 Å². The van der Waals surface area contributed by atoms with Crippen molar-refractivity contribution in [3.63, 3.8) is 0 Å². The number of aryl methyl sites for hydroxylation is 2. The van der Waals surface area contributed by atoms with E-state index in [-0.39, 0.29) is 0 Å². The Morgan fingerprint density at radius 1 is 1.05 bits per heavy atom. The lowest BCUT2D eigenvalue weighted by atomic mass is 10.3. The Hall–Kier alpha value is -0.980. The molecule has 0 aromatic carbocycles. The van der Waals surface area contributed by atoms with Gasteiger partial charge in [0.15, 0.2) is 5.13 Å². The molecule has 1 aliphatic rings. The molecule has 102 valence electrons. The summed E-state index contributed by atoms with van der Waals surface area (Å²) in [6.07, 6.45) is 0. The Balaban J connectivity index is 1.54. The van der Waals surface area contributed by atoms with E-state index in [2.05, 4.69) is 44.4 Å². The lowest BCUT2D eigenvalue weighted by Crippen LogP contribution is -2.46. The van der Waals surface area contributed by atoms with Crippen LogP contribution in [0.2, 0.25) is 0 Å². The Bertz CT molecular complexity index is 540. The summed E-state index contributed by atoms with van der Waals surface area (Å²) in [6.45, 7) is 9.42. The van der Waals surface area contributed by atoms with Crippen molar-refractivity contribution in [2.24, 2.45) is 0 Å². The van der Waals surface area contributed by atoms with Crippen molar-refractivity contribution in [3.8, 4) is 0 Å². The van der Waals surface area contributed by atoms with Gasteiger partial charge in [-0.3, -0.25) is 4.90 Å². The third kappa shape index (κ3) is 3.13. The summed E-state index contributed by atoms with van der Waals surface area (Å²) in [7, 11) is 0. The molecule has 6 heteroatoms. The van der Waals surface area contributed by atoms with E-state index in [9.17, 15) is 0 Å². The SMILES string of the molecule is Cc1csc(N2CCN(Cc3csc(C)n3)CC2)n1. The number of aromatic nitrogens is 2. The summed E-state index contributed by atoms with van der Waals surface area (Å²) in [5.74, 6) is 0. The van der Waals surface area contributed by atoms with Crippen LogP contribution in [0.4, 0.5) is 5.13 Å². The molecule has 1 fully saturated rings. The average Bonchev–Trinajstić information content (AvgIpc) is 3.00. The Morgan fingerprint density at radius 3 is 2.42 bits per heavy atom. The zero-order valence-corrected chi connectivity index (χ0v) is 12.9. The fraction of sp³-hybridized carbons (Fsp3) is 0.538. The molecule has 0 radical (unpaired) electrons. The molecule has 0 bridgehead atoms. The first-order valence-corrected chi connectivity index (χ1v) is 8.27. The molecule has 0 spiro atoms. The van der Waals surface area contributed by atoms with Gasteiger partial charge in [0, 0.05) is 43.5 Å². The highest BCUT2D eigenvalue weighted by molar-refractivity contribution is 7.13. The molecule has 0 unspecified atom stereocenters. The average molecular weight is 294 g/mol. The first-order valence-electron chi connectivity index (χ1n) is 6.51. The van der Waals surface area contributed by atoms with Crippen molar-refractivity contribution in [3.05, 3.63) is 27.2 Å². The zero-order valence-electron chi connectivity index (χ0n) is 11.3. The van der Waals surface area contributed by atoms with Gasteiger partial charge in [-0.05, 0) is 13.8 Å². The van der Waals surface area contributed by atoms with E-state index < -0.39 is 0 Å². The van der Waals surface area contributed by atoms with Gasteiger partial charge in [0.2, 0.25) is 0 Å². The van der Waals surface area contributed by atoms with E-state index in [1.807, 2.05) is 0 Å². The smallest absolute Gasteiger partial charge is 0.185 e. The largest absolute Gasteiger partial charge is 0.346 e. The number of hydrogen-bond acceptors (Lipinski definition) is 6. The van der Waals surface area contributed by atoms with Gasteiger partial charge in [-0.25, -0.2) is 9.97 Å². The van der Waals surface area contributed by atoms with Crippen molar-refractivity contribution in [1.82, 2.24) is 14.9 Å². The third-order valence-electron chi connectivity index (χ3n) is 3.30. The van der Waals surface area contributed by atoms with Crippen LogP contribution in [-0.2, 0) is 6.54 Å². The minimum atomic E-state index is 0.981. The van der Waals surface area contributed by atoms with Crippen LogP contribution in [-0.4, -0.2) is 41.0 Å². The van der Waals surface area contributed by atoms with Crippen LogP contribution >= 0.6 is 22.7 Å². The van der Waals surface area contributed by atoms with E-state index in [1.165, 1.54) is 10.8 Å². The monoisotopic (exact) mass is 294 g/mol. The van der Waals surface area contributed by atoms with Crippen molar-refractivity contribution in [2.45, 2.75) is 20.4 Å². The van der Waals surface area contributed by atoms with E-state index in [0.29, 0.717) is 0 Å². The molecule has 2 aromatic rings. The summed E-state index contributed by atoms with van der Waals surface area (Å²) in [5.41, 5.74) is 2.33. The Kier molecular flexibility index (Phi) is 3.81. The van der Waals surface area contributed by atoms with Gasteiger partial charge in [-0.15, -0.1) is 22.7 Å². The van der Waals surface area contributed by atoms with Crippen molar-refractivity contribution < 1.29 is 0 Å². The maximum absolute atomic E-state index is 4.56. The quantitative estimate of drug-likeness (QED) is 0.871. The molecule has 2 aromatic heterocycles. The summed E-state index contributed by atoms with van der Waals surface area (Å²) in [5, 5.41) is 6.62. The van der Waals surface area contributed by atoms with Crippen LogP contribution in [0.5, 0.6) is 0 Å². The van der Waals surface area contributed by atoms with Gasteiger partial charge < -0.3 is 4.90 Å². The summed E-state index contributed by atoms with van der Waals surface area (Å²) < 4.78 is 0. The van der Waals surface area contributed by atoms with Gasteiger partial charge >= 0.3 is 0 Å². The molecule has 0 amide bonds. The second kappa shape index (κ2) is 5.56. The molecule has 4 nitrogen and oxygen atoms in total. The Morgan fingerprint density at radius 2 is 1.84 bits per heavy atom. The van der Waals surface area contributed by atoms with Crippen molar-refractivity contribution >= 4 is 27.8 Å². The molecule has 3 heterocycles. The second-order valence-corrected chi connectivity index (χ2v) is 6.79. The lowest BCUT2D eigenvalue weighted by molar-refractivity contribution is 0.247. The van der Waals surface area contributed by atoms with Crippen LogP contribution in [0.3, 0.4) is 0 Å². The van der Waals surface area contributed by atoms with Gasteiger partial charge in [-0.1, -0.05) is 0 Å². The number of piperazine rings is 1. The van der Waals surface area contributed by atoms with E-state index in [4.69, 9.17) is 0 Å². The minimum Gasteiger partial charge on any atom is -0.346 e. The fourth-order valence-electron chi connectivity index (χ4n) is 2.29. The van der Waals surface area contributed by atoms with Crippen LogP contribution in [0, 0.1) is 13.8 Å². The number of nitrogens with zero attached hydrogens (tertiary/aromatic N) is 4. The predicted octanol–water partition coefficient (Wildman–Crippen LogP) is 2.54. The molecule has 0 atom stereocenters. The van der Waals surface area contributed by atoms with Crippen LogP contribution in [0.1, 0.15) is 16.4 Å². The summed E-state index contributed by atoms with van der Waals surface area (Å²) >= 11 is 3.49. The maximum atomic E-state index is 4.56. The van der Waals surface area contributed by atoms with Gasteiger partial charge in [0.25, 0.3) is 0 Å². The highest BCUT2D eigenvalue weighted by Gasteiger charge is 2.19. The number of anilines is 1. The molecular weight excluding hydrogens is 276 g/mol. The normalized spacial score (nSPS) is 17.1.